The van der Waals surface area contributed by atoms with E-state index in [9.17, 15) is 0 Å². The molecule has 0 radical (unpaired) electrons. The molecule has 1 nitrogen and oxygen atoms in total. The molecule has 0 amide bonds. The predicted octanol–water partition coefficient (Wildman–Crippen LogP) is 6.20. The zero-order chi connectivity index (χ0) is 17.4. The number of aryl methyl sites for hydroxylation is 1. The van der Waals surface area contributed by atoms with Gasteiger partial charge in [0.05, 0.1) is 0 Å². The molecule has 0 aliphatic heterocycles. The molecule has 2 aliphatic carbocycles. The van der Waals surface area contributed by atoms with E-state index in [1.165, 1.54) is 63.4 Å². The number of rotatable bonds is 8. The summed E-state index contributed by atoms with van der Waals surface area (Å²) in [6.07, 6.45) is 23.8. The Morgan fingerprint density at radius 2 is 1.80 bits per heavy atom. The van der Waals surface area contributed by atoms with Gasteiger partial charge in [-0.05, 0) is 61.8 Å². The van der Waals surface area contributed by atoms with Gasteiger partial charge < -0.3 is 5.73 Å². The van der Waals surface area contributed by atoms with Gasteiger partial charge in [-0.2, -0.15) is 0 Å². The van der Waals surface area contributed by atoms with Gasteiger partial charge >= 0.3 is 0 Å². The molecule has 1 aromatic carbocycles. The molecule has 0 heterocycles. The van der Waals surface area contributed by atoms with Gasteiger partial charge in [-0.15, -0.1) is 0 Å². The highest BCUT2D eigenvalue weighted by atomic mass is 14.6. The van der Waals surface area contributed by atoms with Crippen LogP contribution >= 0.6 is 0 Å². The van der Waals surface area contributed by atoms with Gasteiger partial charge in [0.25, 0.3) is 0 Å². The Labute approximate surface area is 154 Å². The molecule has 1 saturated carbocycles. The zero-order valence-corrected chi connectivity index (χ0v) is 15.7. The highest BCUT2D eigenvalue weighted by molar-refractivity contribution is 5.18. The lowest BCUT2D eigenvalue weighted by atomic mass is 9.63. The fourth-order valence-corrected chi connectivity index (χ4v) is 4.89. The molecule has 2 atom stereocenters. The molecule has 25 heavy (non-hydrogen) atoms. The Bertz CT molecular complexity index is 553. The number of hydrogen-bond donors (Lipinski definition) is 1. The second-order valence-electron chi connectivity index (χ2n) is 8.24. The number of nitrogens with two attached hydrogens (primary N) is 1. The van der Waals surface area contributed by atoms with Gasteiger partial charge in [-0.3, -0.25) is 0 Å². The lowest BCUT2D eigenvalue weighted by molar-refractivity contribution is 0.153. The lowest BCUT2D eigenvalue weighted by Crippen LogP contribution is -2.31. The zero-order valence-electron chi connectivity index (χ0n) is 15.7. The van der Waals surface area contributed by atoms with E-state index in [0.717, 1.165) is 18.8 Å². The Hall–Kier alpha value is -1.34. The maximum Gasteiger partial charge on any atom is 0.00420 e. The van der Waals surface area contributed by atoms with Crippen LogP contribution in [0.5, 0.6) is 0 Å². The summed E-state index contributed by atoms with van der Waals surface area (Å²) in [5.41, 5.74) is 8.27. The molecule has 2 unspecified atom stereocenters. The topological polar surface area (TPSA) is 26.0 Å². The van der Waals surface area contributed by atoms with Crippen LogP contribution in [0.15, 0.2) is 54.6 Å². The Morgan fingerprint density at radius 1 is 1.00 bits per heavy atom. The molecule has 1 heteroatoms. The van der Waals surface area contributed by atoms with Gasteiger partial charge in [-0.1, -0.05) is 80.3 Å². The second kappa shape index (κ2) is 9.38. The van der Waals surface area contributed by atoms with E-state index in [1.807, 2.05) is 0 Å². The van der Waals surface area contributed by atoms with E-state index in [2.05, 4.69) is 54.6 Å². The number of benzene rings is 1. The second-order valence-corrected chi connectivity index (χ2v) is 8.24. The first-order chi connectivity index (χ1) is 12.3. The molecule has 0 bridgehead atoms. The minimum atomic E-state index is 0.340. The monoisotopic (exact) mass is 337 g/mol. The van der Waals surface area contributed by atoms with E-state index in [4.69, 9.17) is 5.73 Å². The van der Waals surface area contributed by atoms with Crippen molar-refractivity contribution in [2.24, 2.45) is 17.1 Å². The van der Waals surface area contributed by atoms with Crippen molar-refractivity contribution in [2.75, 3.05) is 0 Å². The summed E-state index contributed by atoms with van der Waals surface area (Å²) in [6.45, 7) is 0. The average Bonchev–Trinajstić information content (AvgIpc) is 2.69. The highest BCUT2D eigenvalue weighted by Crippen LogP contribution is 2.47. The molecule has 0 saturated heterocycles. The quantitative estimate of drug-likeness (QED) is 0.600. The summed E-state index contributed by atoms with van der Waals surface area (Å²) in [5, 5.41) is 0. The van der Waals surface area contributed by atoms with Crippen molar-refractivity contribution >= 4 is 0 Å². The van der Waals surface area contributed by atoms with Crippen LogP contribution in [0.3, 0.4) is 0 Å². The van der Waals surface area contributed by atoms with Crippen molar-refractivity contribution in [3.05, 3.63) is 60.2 Å². The highest BCUT2D eigenvalue weighted by Gasteiger charge is 2.36. The van der Waals surface area contributed by atoms with E-state index in [0.29, 0.717) is 11.5 Å². The van der Waals surface area contributed by atoms with Crippen LogP contribution in [0.1, 0.15) is 69.8 Å². The first-order valence-electron chi connectivity index (χ1n) is 10.4. The fraction of sp³-hybridized carbons (Fsp3) is 0.583. The molecule has 136 valence electrons. The molecule has 2 aliphatic rings. The lowest BCUT2D eigenvalue weighted by Gasteiger charge is -2.42. The van der Waals surface area contributed by atoms with E-state index in [1.54, 1.807) is 0 Å². The van der Waals surface area contributed by atoms with Gasteiger partial charge in [0.1, 0.15) is 0 Å². The molecular formula is C24H35N. The van der Waals surface area contributed by atoms with E-state index in [-0.39, 0.29) is 0 Å². The molecule has 1 aromatic rings. The number of hydrogen-bond acceptors (Lipinski definition) is 1. The van der Waals surface area contributed by atoms with Crippen molar-refractivity contribution < 1.29 is 0 Å². The summed E-state index contributed by atoms with van der Waals surface area (Å²) in [5.74, 6) is 0.892. The van der Waals surface area contributed by atoms with Crippen LogP contribution in [0, 0.1) is 11.3 Å². The molecule has 2 N–H and O–H groups in total. The number of allylic oxidation sites excluding steroid dienone is 4. The van der Waals surface area contributed by atoms with E-state index < -0.39 is 0 Å². The molecule has 0 aromatic heterocycles. The van der Waals surface area contributed by atoms with Crippen molar-refractivity contribution in [1.82, 2.24) is 0 Å². The summed E-state index contributed by atoms with van der Waals surface area (Å²) in [7, 11) is 0. The van der Waals surface area contributed by atoms with Crippen molar-refractivity contribution in [3.63, 3.8) is 0 Å². The summed E-state index contributed by atoms with van der Waals surface area (Å²) in [4.78, 5) is 0. The molecule has 1 fully saturated rings. The third-order valence-corrected chi connectivity index (χ3v) is 6.46. The minimum Gasteiger partial charge on any atom is -0.328 e. The third-order valence-electron chi connectivity index (χ3n) is 6.46. The van der Waals surface area contributed by atoms with Crippen molar-refractivity contribution in [1.29, 1.82) is 0 Å². The predicted molar refractivity (Wildman–Crippen MR) is 108 cm³/mol. The molecular weight excluding hydrogens is 302 g/mol. The van der Waals surface area contributed by atoms with Crippen molar-refractivity contribution in [3.8, 4) is 0 Å². The first-order valence-corrected chi connectivity index (χ1v) is 10.4. The maximum atomic E-state index is 6.43. The smallest absolute Gasteiger partial charge is 0.00420 e. The van der Waals surface area contributed by atoms with Crippen LogP contribution in [0.2, 0.25) is 0 Å². The standard InChI is InChI=1S/C24H35N/c25-23(17-16-21-11-4-1-5-12-21)15-10-20-24(18-8-3-9-19-24)22-13-6-2-7-14-22/h1,3-5,8-9,11-12,18,22-23H,2,6-7,10,13-17,19-20,25H2. The van der Waals surface area contributed by atoms with Gasteiger partial charge in [0, 0.05) is 6.04 Å². The maximum absolute atomic E-state index is 6.43. The van der Waals surface area contributed by atoms with Crippen LogP contribution in [-0.2, 0) is 6.42 Å². The molecule has 3 rings (SSSR count). The van der Waals surface area contributed by atoms with E-state index >= 15 is 0 Å². The Morgan fingerprint density at radius 3 is 2.52 bits per heavy atom. The van der Waals surface area contributed by atoms with Crippen LogP contribution in [0.4, 0.5) is 0 Å². The van der Waals surface area contributed by atoms with Gasteiger partial charge in [0.2, 0.25) is 0 Å². The average molecular weight is 338 g/mol. The normalized spacial score (nSPS) is 25.2. The fourth-order valence-electron chi connectivity index (χ4n) is 4.89. The summed E-state index contributed by atoms with van der Waals surface area (Å²) < 4.78 is 0. The van der Waals surface area contributed by atoms with Crippen LogP contribution in [0.25, 0.3) is 0 Å². The minimum absolute atomic E-state index is 0.340. The Kier molecular flexibility index (Phi) is 6.93. The van der Waals surface area contributed by atoms with Crippen LogP contribution < -0.4 is 5.73 Å². The third kappa shape index (κ3) is 5.31. The largest absolute Gasteiger partial charge is 0.328 e. The molecule has 0 spiro atoms. The van der Waals surface area contributed by atoms with Crippen LogP contribution in [-0.4, -0.2) is 6.04 Å². The first kappa shape index (κ1) is 18.5. The van der Waals surface area contributed by atoms with Gasteiger partial charge in [0.15, 0.2) is 0 Å². The Balaban J connectivity index is 1.46. The van der Waals surface area contributed by atoms with Gasteiger partial charge in [-0.25, -0.2) is 0 Å². The summed E-state index contributed by atoms with van der Waals surface area (Å²) >= 11 is 0. The van der Waals surface area contributed by atoms with Crippen molar-refractivity contribution in [2.45, 2.75) is 76.7 Å². The SMILES string of the molecule is NC(CCCC1(C2CCCCC2)C=CC=CC1)CCc1ccccc1. The summed E-state index contributed by atoms with van der Waals surface area (Å²) in [6, 6.07) is 11.1.